The van der Waals surface area contributed by atoms with Crippen LogP contribution in [0, 0.1) is 0 Å². The molecule has 0 spiro atoms. The highest BCUT2D eigenvalue weighted by atomic mass is 32.1. The van der Waals surface area contributed by atoms with E-state index in [4.69, 9.17) is 17.0 Å². The number of amides is 1. The smallest absolute Gasteiger partial charge is 0.387 e. The number of para-hydroxylation sites is 1. The summed E-state index contributed by atoms with van der Waals surface area (Å²) in [7, 11) is 0. The second-order valence-corrected chi connectivity index (χ2v) is 7.25. The molecular weight excluding hydrogens is 410 g/mol. The van der Waals surface area contributed by atoms with E-state index in [1.807, 2.05) is 24.3 Å². The van der Waals surface area contributed by atoms with E-state index in [-0.39, 0.29) is 40.4 Å². The Kier molecular flexibility index (Phi) is 6.66. The van der Waals surface area contributed by atoms with Gasteiger partial charge in [0.25, 0.3) is 5.91 Å². The summed E-state index contributed by atoms with van der Waals surface area (Å²) in [4.78, 5) is 14.3. The lowest BCUT2D eigenvalue weighted by atomic mass is 10.0. The molecule has 158 valence electrons. The number of nitrogens with zero attached hydrogens (tertiary/aromatic N) is 1. The summed E-state index contributed by atoms with van der Waals surface area (Å²) < 4.78 is 35.9. The van der Waals surface area contributed by atoms with Crippen molar-refractivity contribution in [2.75, 3.05) is 11.5 Å². The fourth-order valence-corrected chi connectivity index (χ4v) is 3.36. The summed E-state index contributed by atoms with van der Waals surface area (Å²) in [5, 5.41) is 3.06. The Labute approximate surface area is 179 Å². The van der Waals surface area contributed by atoms with E-state index < -0.39 is 6.61 Å². The Balaban J connectivity index is 1.94. The van der Waals surface area contributed by atoms with Gasteiger partial charge in [-0.25, -0.2) is 0 Å². The topological polar surface area (TPSA) is 50.8 Å². The normalized spacial score (nSPS) is 15.3. The van der Waals surface area contributed by atoms with Gasteiger partial charge in [-0.3, -0.25) is 9.69 Å². The van der Waals surface area contributed by atoms with Crippen molar-refractivity contribution in [2.24, 2.45) is 0 Å². The number of halogens is 2. The van der Waals surface area contributed by atoms with Crippen molar-refractivity contribution in [3.63, 3.8) is 0 Å². The third kappa shape index (κ3) is 4.59. The molecule has 1 heterocycles. The summed E-state index contributed by atoms with van der Waals surface area (Å²) in [5.74, 6) is 0.00486. The second-order valence-electron chi connectivity index (χ2n) is 6.86. The molecule has 0 atom stereocenters. The average Bonchev–Trinajstić information content (AvgIpc) is 2.97. The van der Waals surface area contributed by atoms with E-state index in [0.29, 0.717) is 11.6 Å². The van der Waals surface area contributed by atoms with Gasteiger partial charge in [0.2, 0.25) is 0 Å². The maximum atomic E-state index is 13.0. The number of nitrogens with one attached hydrogen (secondary N) is 1. The third-order valence-electron chi connectivity index (χ3n) is 4.51. The first-order valence-electron chi connectivity index (χ1n) is 9.49. The van der Waals surface area contributed by atoms with E-state index in [0.717, 1.165) is 5.56 Å². The van der Waals surface area contributed by atoms with Gasteiger partial charge in [-0.15, -0.1) is 0 Å². The van der Waals surface area contributed by atoms with Crippen molar-refractivity contribution >= 4 is 35.0 Å². The zero-order valence-corrected chi connectivity index (χ0v) is 17.6. The number of carbonyl (C=O) groups is 1. The highest BCUT2D eigenvalue weighted by Crippen LogP contribution is 2.35. The first kappa shape index (κ1) is 21.7. The van der Waals surface area contributed by atoms with Crippen LogP contribution in [0.5, 0.6) is 11.5 Å². The maximum Gasteiger partial charge on any atom is 0.387 e. The summed E-state index contributed by atoms with van der Waals surface area (Å²) in [6.07, 6.45) is 1.43. The van der Waals surface area contributed by atoms with Gasteiger partial charge in [-0.1, -0.05) is 38.1 Å². The quantitative estimate of drug-likeness (QED) is 0.489. The molecule has 1 N–H and O–H groups in total. The number of benzene rings is 2. The zero-order chi connectivity index (χ0) is 21.8. The van der Waals surface area contributed by atoms with Crippen LogP contribution in [0.2, 0.25) is 0 Å². The fraction of sp³-hybridized carbons (Fsp3) is 0.273. The minimum atomic E-state index is -3.03. The van der Waals surface area contributed by atoms with Crippen LogP contribution < -0.4 is 19.7 Å². The van der Waals surface area contributed by atoms with Gasteiger partial charge in [0, 0.05) is 5.56 Å². The first-order valence-corrected chi connectivity index (χ1v) is 9.90. The molecule has 5 nitrogen and oxygen atoms in total. The number of carbonyl (C=O) groups excluding carboxylic acids is 1. The highest BCUT2D eigenvalue weighted by molar-refractivity contribution is 7.80. The van der Waals surface area contributed by atoms with Gasteiger partial charge in [0.1, 0.15) is 5.70 Å². The largest absolute Gasteiger partial charge is 0.490 e. The molecule has 1 fully saturated rings. The van der Waals surface area contributed by atoms with Crippen molar-refractivity contribution in [1.82, 2.24) is 5.32 Å². The predicted octanol–water partition coefficient (Wildman–Crippen LogP) is 5.07. The fourth-order valence-electron chi connectivity index (χ4n) is 3.06. The van der Waals surface area contributed by atoms with Crippen LogP contribution in [0.4, 0.5) is 14.5 Å². The number of alkyl halides is 2. The SMILES string of the molecule is CCOc1cccc(/C=C2\NC(=S)N(c3ccc(C(C)C)cc3)C2=O)c1OC(F)F. The van der Waals surface area contributed by atoms with Gasteiger partial charge in [-0.2, -0.15) is 8.78 Å². The van der Waals surface area contributed by atoms with Crippen molar-refractivity contribution in [3.05, 3.63) is 59.3 Å². The Bertz CT molecular complexity index is 975. The molecule has 0 aromatic heterocycles. The molecule has 3 rings (SSSR count). The summed E-state index contributed by atoms with van der Waals surface area (Å²) in [6.45, 7) is 3.14. The molecule has 30 heavy (non-hydrogen) atoms. The Morgan fingerprint density at radius 3 is 2.47 bits per heavy atom. The number of rotatable bonds is 7. The Morgan fingerprint density at radius 1 is 1.17 bits per heavy atom. The van der Waals surface area contributed by atoms with Crippen LogP contribution in [0.3, 0.4) is 0 Å². The number of thiocarbonyl (C=S) groups is 1. The molecular formula is C22H22F2N2O3S. The van der Waals surface area contributed by atoms with Crippen LogP contribution in [-0.2, 0) is 4.79 Å². The summed E-state index contributed by atoms with van der Waals surface area (Å²) in [5.41, 5.74) is 2.19. The van der Waals surface area contributed by atoms with Gasteiger partial charge in [0.15, 0.2) is 16.6 Å². The van der Waals surface area contributed by atoms with E-state index in [9.17, 15) is 13.6 Å². The Morgan fingerprint density at radius 2 is 1.87 bits per heavy atom. The number of hydrogen-bond donors (Lipinski definition) is 1. The molecule has 1 amide bonds. The molecule has 0 bridgehead atoms. The standard InChI is InChI=1S/C22H22F2N2O3S/c1-4-28-18-7-5-6-15(19(18)29-21(23)24)12-17-20(27)26(22(30)25-17)16-10-8-14(9-11-16)13(2)3/h5-13,21H,4H2,1-3H3,(H,25,30)/b17-12-. The van der Waals surface area contributed by atoms with E-state index in [1.54, 1.807) is 19.1 Å². The molecule has 2 aromatic rings. The molecule has 1 aliphatic rings. The van der Waals surface area contributed by atoms with Gasteiger partial charge in [0.05, 0.1) is 12.3 Å². The minimum absolute atomic E-state index is 0.137. The van der Waals surface area contributed by atoms with Crippen molar-refractivity contribution in [3.8, 4) is 11.5 Å². The van der Waals surface area contributed by atoms with Crippen LogP contribution in [0.15, 0.2) is 48.2 Å². The highest BCUT2D eigenvalue weighted by Gasteiger charge is 2.32. The monoisotopic (exact) mass is 432 g/mol. The minimum Gasteiger partial charge on any atom is -0.490 e. The Hall–Kier alpha value is -3.00. The molecule has 0 saturated carbocycles. The van der Waals surface area contributed by atoms with Crippen LogP contribution in [0.25, 0.3) is 6.08 Å². The van der Waals surface area contributed by atoms with Crippen molar-refractivity contribution in [1.29, 1.82) is 0 Å². The molecule has 0 unspecified atom stereocenters. The number of hydrogen-bond acceptors (Lipinski definition) is 4. The number of anilines is 1. The summed E-state index contributed by atoms with van der Waals surface area (Å²) >= 11 is 5.32. The molecule has 1 saturated heterocycles. The second kappa shape index (κ2) is 9.21. The van der Waals surface area contributed by atoms with Gasteiger partial charge >= 0.3 is 6.61 Å². The molecule has 0 aliphatic carbocycles. The lowest BCUT2D eigenvalue weighted by Crippen LogP contribution is -2.30. The predicted molar refractivity (Wildman–Crippen MR) is 116 cm³/mol. The lowest BCUT2D eigenvalue weighted by Gasteiger charge is -2.15. The van der Waals surface area contributed by atoms with Crippen molar-refractivity contribution < 1.29 is 23.0 Å². The average molecular weight is 432 g/mol. The van der Waals surface area contributed by atoms with E-state index >= 15 is 0 Å². The zero-order valence-electron chi connectivity index (χ0n) is 16.8. The molecule has 8 heteroatoms. The lowest BCUT2D eigenvalue weighted by molar-refractivity contribution is -0.113. The summed E-state index contributed by atoms with van der Waals surface area (Å²) in [6, 6.07) is 12.3. The molecule has 2 aromatic carbocycles. The van der Waals surface area contributed by atoms with Crippen LogP contribution in [-0.4, -0.2) is 24.2 Å². The van der Waals surface area contributed by atoms with Crippen LogP contribution >= 0.6 is 12.2 Å². The maximum absolute atomic E-state index is 13.0. The van der Waals surface area contributed by atoms with E-state index in [2.05, 4.69) is 23.9 Å². The van der Waals surface area contributed by atoms with Crippen molar-refractivity contribution in [2.45, 2.75) is 33.3 Å². The molecule has 0 radical (unpaired) electrons. The van der Waals surface area contributed by atoms with Gasteiger partial charge in [-0.05, 0) is 54.9 Å². The van der Waals surface area contributed by atoms with Gasteiger partial charge < -0.3 is 14.8 Å². The third-order valence-corrected chi connectivity index (χ3v) is 4.80. The van der Waals surface area contributed by atoms with E-state index in [1.165, 1.54) is 17.0 Å². The van der Waals surface area contributed by atoms with Crippen LogP contribution in [0.1, 0.15) is 37.8 Å². The molecule has 1 aliphatic heterocycles. The number of ether oxygens (including phenoxy) is 2. The first-order chi connectivity index (χ1) is 14.3.